The van der Waals surface area contributed by atoms with E-state index in [1.165, 1.54) is 36.6 Å². The van der Waals surface area contributed by atoms with E-state index in [0.717, 1.165) is 9.87 Å². The molecule has 0 radical (unpaired) electrons. The Labute approximate surface area is 184 Å². The smallest absolute Gasteiger partial charge is 0.264 e. The molecule has 3 rings (SSSR count). The van der Waals surface area contributed by atoms with Crippen molar-refractivity contribution in [2.75, 3.05) is 18.4 Å². The van der Waals surface area contributed by atoms with Crippen LogP contribution in [-0.2, 0) is 26.6 Å². The minimum absolute atomic E-state index is 0.0849. The molecule has 0 aliphatic rings. The maximum absolute atomic E-state index is 13.3. The summed E-state index contributed by atoms with van der Waals surface area (Å²) >= 11 is 0. The van der Waals surface area contributed by atoms with Gasteiger partial charge in [0.25, 0.3) is 10.0 Å². The van der Waals surface area contributed by atoms with Crippen molar-refractivity contribution in [2.45, 2.75) is 30.2 Å². The standard InChI is InChI=1S/C23H26N2O4S2/c1-18-15-19(2)23(31(28,29)24(3)17-20-11-7-5-8-12-20)16-22(18)25(4)30(26,27)21-13-9-6-10-14-21/h5-16H,17H2,1-4H3. The zero-order valence-corrected chi connectivity index (χ0v) is 19.6. The predicted octanol–water partition coefficient (Wildman–Crippen LogP) is 3.95. The van der Waals surface area contributed by atoms with Crippen molar-refractivity contribution in [1.29, 1.82) is 0 Å². The van der Waals surface area contributed by atoms with Crippen LogP contribution in [0.2, 0.25) is 0 Å². The van der Waals surface area contributed by atoms with E-state index in [1.807, 2.05) is 30.3 Å². The van der Waals surface area contributed by atoms with Crippen LogP contribution in [0.3, 0.4) is 0 Å². The van der Waals surface area contributed by atoms with Crippen molar-refractivity contribution in [1.82, 2.24) is 4.31 Å². The van der Waals surface area contributed by atoms with Crippen LogP contribution in [-0.4, -0.2) is 35.2 Å². The molecule has 0 aromatic heterocycles. The van der Waals surface area contributed by atoms with Gasteiger partial charge in [-0.25, -0.2) is 16.8 Å². The molecular weight excluding hydrogens is 432 g/mol. The quantitative estimate of drug-likeness (QED) is 0.537. The van der Waals surface area contributed by atoms with E-state index in [-0.39, 0.29) is 16.3 Å². The largest absolute Gasteiger partial charge is 0.269 e. The van der Waals surface area contributed by atoms with E-state index in [1.54, 1.807) is 38.1 Å². The van der Waals surface area contributed by atoms with Crippen LogP contribution in [0, 0.1) is 13.8 Å². The first kappa shape index (κ1) is 23.0. The lowest BCUT2D eigenvalue weighted by molar-refractivity contribution is 0.466. The molecule has 6 nitrogen and oxygen atoms in total. The Balaban J connectivity index is 2.03. The summed E-state index contributed by atoms with van der Waals surface area (Å²) in [6, 6.07) is 20.5. The molecule has 0 aliphatic heterocycles. The van der Waals surface area contributed by atoms with Gasteiger partial charge in [-0.1, -0.05) is 54.6 Å². The summed E-state index contributed by atoms with van der Waals surface area (Å²) in [4.78, 5) is 0.227. The second-order valence-corrected chi connectivity index (χ2v) is 11.4. The third kappa shape index (κ3) is 4.66. The van der Waals surface area contributed by atoms with E-state index in [9.17, 15) is 16.8 Å². The van der Waals surface area contributed by atoms with Gasteiger partial charge < -0.3 is 0 Å². The van der Waals surface area contributed by atoms with Gasteiger partial charge in [-0.2, -0.15) is 4.31 Å². The molecule has 164 valence electrons. The second kappa shape index (κ2) is 8.82. The monoisotopic (exact) mass is 458 g/mol. The molecule has 0 saturated carbocycles. The molecule has 0 unspecified atom stereocenters. The van der Waals surface area contributed by atoms with Gasteiger partial charge in [0.05, 0.1) is 15.5 Å². The van der Waals surface area contributed by atoms with Gasteiger partial charge in [-0.3, -0.25) is 4.31 Å². The van der Waals surface area contributed by atoms with E-state index >= 15 is 0 Å². The van der Waals surface area contributed by atoms with Crippen LogP contribution < -0.4 is 4.31 Å². The van der Waals surface area contributed by atoms with Gasteiger partial charge >= 0.3 is 0 Å². The van der Waals surface area contributed by atoms with Gasteiger partial charge in [0, 0.05) is 20.6 Å². The average Bonchev–Trinajstić information content (AvgIpc) is 2.74. The molecule has 0 N–H and O–H groups in total. The normalized spacial score (nSPS) is 12.2. The average molecular weight is 459 g/mol. The highest BCUT2D eigenvalue weighted by Crippen LogP contribution is 2.31. The number of aryl methyl sites for hydroxylation is 2. The van der Waals surface area contributed by atoms with Gasteiger partial charge in [0.15, 0.2) is 0 Å². The number of hydrogen-bond acceptors (Lipinski definition) is 4. The molecule has 3 aromatic carbocycles. The zero-order valence-electron chi connectivity index (χ0n) is 18.0. The Bertz CT molecular complexity index is 1270. The van der Waals surface area contributed by atoms with Crippen molar-refractivity contribution in [3.05, 3.63) is 89.5 Å². The molecule has 3 aromatic rings. The fourth-order valence-electron chi connectivity index (χ4n) is 3.41. The zero-order chi connectivity index (χ0) is 22.8. The molecule has 0 heterocycles. The molecule has 8 heteroatoms. The lowest BCUT2D eigenvalue weighted by Crippen LogP contribution is -2.29. The number of benzene rings is 3. The molecule has 0 bridgehead atoms. The van der Waals surface area contributed by atoms with Gasteiger partial charge in [-0.05, 0) is 48.7 Å². The Morgan fingerprint density at radius 2 is 1.26 bits per heavy atom. The highest BCUT2D eigenvalue weighted by Gasteiger charge is 2.28. The highest BCUT2D eigenvalue weighted by molar-refractivity contribution is 7.92. The number of hydrogen-bond donors (Lipinski definition) is 0. The summed E-state index contributed by atoms with van der Waals surface area (Å²) < 4.78 is 55.2. The minimum Gasteiger partial charge on any atom is -0.269 e. The summed E-state index contributed by atoms with van der Waals surface area (Å²) in [6.45, 7) is 3.69. The Morgan fingerprint density at radius 3 is 1.84 bits per heavy atom. The van der Waals surface area contributed by atoms with Crippen molar-refractivity contribution >= 4 is 25.7 Å². The number of nitrogens with zero attached hydrogens (tertiary/aromatic N) is 2. The summed E-state index contributed by atoms with van der Waals surface area (Å²) in [5.74, 6) is 0. The maximum atomic E-state index is 13.3. The highest BCUT2D eigenvalue weighted by atomic mass is 32.2. The lowest BCUT2D eigenvalue weighted by Gasteiger charge is -2.24. The third-order valence-corrected chi connectivity index (χ3v) is 8.90. The van der Waals surface area contributed by atoms with Gasteiger partial charge in [-0.15, -0.1) is 0 Å². The molecule has 0 amide bonds. The molecule has 0 fully saturated rings. The molecule has 31 heavy (non-hydrogen) atoms. The van der Waals surface area contributed by atoms with Crippen LogP contribution in [0.15, 0.2) is 82.6 Å². The first-order valence-electron chi connectivity index (χ1n) is 9.70. The fraction of sp³-hybridized carbons (Fsp3) is 0.217. The van der Waals surface area contributed by atoms with Crippen LogP contribution in [0.1, 0.15) is 16.7 Å². The van der Waals surface area contributed by atoms with E-state index < -0.39 is 20.0 Å². The van der Waals surface area contributed by atoms with E-state index in [4.69, 9.17) is 0 Å². The number of sulfonamides is 2. The molecule has 0 atom stereocenters. The Hall–Kier alpha value is -2.68. The van der Waals surface area contributed by atoms with Crippen molar-refractivity contribution in [2.24, 2.45) is 0 Å². The SMILES string of the molecule is Cc1cc(C)c(S(=O)(=O)N(C)Cc2ccccc2)cc1N(C)S(=O)(=O)c1ccccc1. The third-order valence-electron chi connectivity index (χ3n) is 5.17. The first-order chi connectivity index (χ1) is 14.5. The van der Waals surface area contributed by atoms with Gasteiger partial charge in [0.2, 0.25) is 10.0 Å². The number of rotatable bonds is 7. The van der Waals surface area contributed by atoms with E-state index in [2.05, 4.69) is 0 Å². The molecular formula is C23H26N2O4S2. The Kier molecular flexibility index (Phi) is 6.54. The van der Waals surface area contributed by atoms with Crippen LogP contribution >= 0.6 is 0 Å². The number of anilines is 1. The molecule has 0 saturated heterocycles. The predicted molar refractivity (Wildman–Crippen MR) is 123 cm³/mol. The van der Waals surface area contributed by atoms with E-state index in [0.29, 0.717) is 16.8 Å². The summed E-state index contributed by atoms with van der Waals surface area (Å²) in [7, 11) is -4.72. The van der Waals surface area contributed by atoms with Crippen LogP contribution in [0.5, 0.6) is 0 Å². The first-order valence-corrected chi connectivity index (χ1v) is 12.6. The minimum atomic E-state index is -3.84. The topological polar surface area (TPSA) is 74.8 Å². The Morgan fingerprint density at radius 1 is 0.710 bits per heavy atom. The van der Waals surface area contributed by atoms with Crippen molar-refractivity contribution in [3.63, 3.8) is 0 Å². The van der Waals surface area contributed by atoms with Crippen molar-refractivity contribution < 1.29 is 16.8 Å². The van der Waals surface area contributed by atoms with Crippen molar-refractivity contribution in [3.8, 4) is 0 Å². The summed E-state index contributed by atoms with van der Waals surface area (Å²) in [6.07, 6.45) is 0. The second-order valence-electron chi connectivity index (χ2n) is 7.44. The summed E-state index contributed by atoms with van der Waals surface area (Å²) in [5.41, 5.74) is 2.42. The lowest BCUT2D eigenvalue weighted by atomic mass is 10.1. The summed E-state index contributed by atoms with van der Waals surface area (Å²) in [5, 5.41) is 0. The van der Waals surface area contributed by atoms with Crippen LogP contribution in [0.25, 0.3) is 0 Å². The maximum Gasteiger partial charge on any atom is 0.264 e. The molecule has 0 aliphatic carbocycles. The van der Waals surface area contributed by atoms with Gasteiger partial charge in [0.1, 0.15) is 0 Å². The molecule has 0 spiro atoms. The van der Waals surface area contributed by atoms with Crippen LogP contribution in [0.4, 0.5) is 5.69 Å². The fourth-order valence-corrected chi connectivity index (χ4v) is 6.07.